The molecule has 0 heterocycles. The van der Waals surface area contributed by atoms with Gasteiger partial charge in [-0.05, 0) is 26.2 Å². The van der Waals surface area contributed by atoms with E-state index in [-0.39, 0.29) is 31.0 Å². The number of aliphatic hydroxyl groups excluding tert-OH is 1. The number of carbonyl (C=O) groups excluding carboxylic acids is 2. The summed E-state index contributed by atoms with van der Waals surface area (Å²) in [6.07, 6.45) is 25.7. The molecule has 0 aromatic rings. The van der Waals surface area contributed by atoms with Gasteiger partial charge in [0.1, 0.15) is 6.10 Å². The van der Waals surface area contributed by atoms with Gasteiger partial charge in [0.15, 0.2) is 0 Å². The van der Waals surface area contributed by atoms with Gasteiger partial charge in [-0.25, -0.2) is 0 Å². The number of carbonyl (C=O) groups is 2. The molecule has 5 nitrogen and oxygen atoms in total. The van der Waals surface area contributed by atoms with Crippen LogP contribution in [0.2, 0.25) is 0 Å². The molecule has 1 radical (unpaired) electrons. The van der Waals surface area contributed by atoms with Gasteiger partial charge in [-0.1, -0.05) is 129 Å². The lowest BCUT2D eigenvalue weighted by Gasteiger charge is -2.19. The number of aliphatic hydroxyl groups is 1. The highest BCUT2D eigenvalue weighted by Gasteiger charge is 2.19. The van der Waals surface area contributed by atoms with Crippen molar-refractivity contribution in [3.8, 4) is 0 Å². The van der Waals surface area contributed by atoms with E-state index in [9.17, 15) is 9.59 Å². The molecule has 2 N–H and O–H groups in total. The summed E-state index contributed by atoms with van der Waals surface area (Å²) in [5, 5.41) is 11.8. The molecule has 213 valence electrons. The van der Waals surface area contributed by atoms with Crippen molar-refractivity contribution < 1.29 is 19.4 Å². The number of hydrogen-bond acceptors (Lipinski definition) is 4. The zero-order valence-corrected chi connectivity index (χ0v) is 24.0. The molecule has 0 aliphatic rings. The molecule has 0 aliphatic carbocycles. The third kappa shape index (κ3) is 24.6. The number of ether oxygens (including phenoxy) is 1. The first kappa shape index (κ1) is 34.9. The summed E-state index contributed by atoms with van der Waals surface area (Å²) in [5.74, 6) is -0.402. The summed E-state index contributed by atoms with van der Waals surface area (Å²) in [6, 6.07) is -0.530. The summed E-state index contributed by atoms with van der Waals surface area (Å²) in [4.78, 5) is 24.7. The van der Waals surface area contributed by atoms with E-state index in [1.807, 2.05) is 0 Å². The maximum absolute atomic E-state index is 12.4. The minimum atomic E-state index is -0.530. The van der Waals surface area contributed by atoms with E-state index in [1.165, 1.54) is 103 Å². The first-order valence-corrected chi connectivity index (χ1v) is 15.5. The molecule has 2 atom stereocenters. The Morgan fingerprint density at radius 2 is 1.11 bits per heavy atom. The van der Waals surface area contributed by atoms with Crippen molar-refractivity contribution in [3.63, 3.8) is 0 Å². The molecule has 0 spiro atoms. The van der Waals surface area contributed by atoms with Crippen LogP contribution in [0.3, 0.4) is 0 Å². The van der Waals surface area contributed by atoms with Crippen molar-refractivity contribution in [2.45, 2.75) is 174 Å². The van der Waals surface area contributed by atoms with E-state index in [0.29, 0.717) is 12.8 Å². The molecule has 0 aromatic carbocycles. The molecule has 0 saturated heterocycles. The summed E-state index contributed by atoms with van der Waals surface area (Å²) in [7, 11) is 0. The van der Waals surface area contributed by atoms with Gasteiger partial charge >= 0.3 is 5.97 Å². The van der Waals surface area contributed by atoms with Crippen LogP contribution in [0.1, 0.15) is 162 Å². The maximum atomic E-state index is 12.4. The zero-order valence-electron chi connectivity index (χ0n) is 24.0. The van der Waals surface area contributed by atoms with Crippen molar-refractivity contribution >= 4 is 11.9 Å². The Morgan fingerprint density at radius 1 is 0.694 bits per heavy atom. The van der Waals surface area contributed by atoms with E-state index in [4.69, 9.17) is 9.84 Å². The highest BCUT2D eigenvalue weighted by molar-refractivity contribution is 5.77. The molecular formula is C31H60NO4. The largest absolute Gasteiger partial charge is 0.462 e. The number of amides is 1. The van der Waals surface area contributed by atoms with Crippen LogP contribution in [-0.2, 0) is 14.3 Å². The summed E-state index contributed by atoms with van der Waals surface area (Å²) in [6.45, 7) is 7.98. The first-order chi connectivity index (χ1) is 17.5. The number of hydrogen-bond donors (Lipinski definition) is 2. The van der Waals surface area contributed by atoms with Gasteiger partial charge in [-0.2, -0.15) is 0 Å². The van der Waals surface area contributed by atoms with Crippen LogP contribution in [-0.4, -0.2) is 35.7 Å². The van der Waals surface area contributed by atoms with Gasteiger partial charge in [0, 0.05) is 6.42 Å². The van der Waals surface area contributed by atoms with Gasteiger partial charge in [-0.3, -0.25) is 9.59 Å². The molecule has 36 heavy (non-hydrogen) atoms. The highest BCUT2D eigenvalue weighted by atomic mass is 16.5. The van der Waals surface area contributed by atoms with Crippen LogP contribution in [0.4, 0.5) is 0 Å². The first-order valence-electron chi connectivity index (χ1n) is 15.5. The van der Waals surface area contributed by atoms with Gasteiger partial charge in [0.2, 0.25) is 5.91 Å². The lowest BCUT2D eigenvalue weighted by Crippen LogP contribution is -2.37. The van der Waals surface area contributed by atoms with Gasteiger partial charge < -0.3 is 15.2 Å². The third-order valence-electron chi connectivity index (χ3n) is 6.91. The molecule has 0 fully saturated rings. The van der Waals surface area contributed by atoms with Crippen LogP contribution < -0.4 is 5.32 Å². The number of nitrogens with one attached hydrogen (secondary N) is 1. The van der Waals surface area contributed by atoms with Crippen LogP contribution >= 0.6 is 0 Å². The van der Waals surface area contributed by atoms with Crippen molar-refractivity contribution in [2.75, 3.05) is 6.61 Å². The fraction of sp³-hybridized carbons (Fsp3) is 0.903. The lowest BCUT2D eigenvalue weighted by molar-refractivity contribution is -0.151. The zero-order chi connectivity index (χ0) is 26.7. The minimum absolute atomic E-state index is 0.146. The second kappa shape index (κ2) is 26.9. The molecular weight excluding hydrogens is 450 g/mol. The second-order valence-electron chi connectivity index (χ2n) is 10.7. The molecule has 0 aromatic heterocycles. The quantitative estimate of drug-likeness (QED) is 0.0862. The molecule has 1 amide bonds. The monoisotopic (exact) mass is 510 g/mol. The normalized spacial score (nSPS) is 12.9. The Kier molecular flexibility index (Phi) is 26.1. The van der Waals surface area contributed by atoms with E-state index in [2.05, 4.69) is 26.1 Å². The number of rotatable bonds is 27. The second-order valence-corrected chi connectivity index (χ2v) is 10.7. The van der Waals surface area contributed by atoms with Crippen molar-refractivity contribution in [2.24, 2.45) is 0 Å². The molecule has 0 bridgehead atoms. The summed E-state index contributed by atoms with van der Waals surface area (Å²) >= 11 is 0. The van der Waals surface area contributed by atoms with E-state index < -0.39 is 6.04 Å². The fourth-order valence-electron chi connectivity index (χ4n) is 4.60. The topological polar surface area (TPSA) is 75.6 Å². The molecule has 0 aliphatic heterocycles. The van der Waals surface area contributed by atoms with Gasteiger partial charge in [0.05, 0.1) is 19.1 Å². The van der Waals surface area contributed by atoms with Crippen LogP contribution in [0, 0.1) is 6.92 Å². The van der Waals surface area contributed by atoms with E-state index in [1.54, 1.807) is 0 Å². The third-order valence-corrected chi connectivity index (χ3v) is 6.91. The molecule has 0 unspecified atom stereocenters. The van der Waals surface area contributed by atoms with Crippen LogP contribution in [0.5, 0.6) is 0 Å². The predicted molar refractivity (Wildman–Crippen MR) is 152 cm³/mol. The van der Waals surface area contributed by atoms with E-state index >= 15 is 0 Å². The molecule has 5 heteroatoms. The van der Waals surface area contributed by atoms with Crippen LogP contribution in [0.15, 0.2) is 0 Å². The van der Waals surface area contributed by atoms with E-state index in [0.717, 1.165) is 25.7 Å². The van der Waals surface area contributed by atoms with Crippen molar-refractivity contribution in [1.29, 1.82) is 0 Å². The highest BCUT2D eigenvalue weighted by Crippen LogP contribution is 2.16. The van der Waals surface area contributed by atoms with Crippen LogP contribution in [0.25, 0.3) is 0 Å². The van der Waals surface area contributed by atoms with Gasteiger partial charge in [0.25, 0.3) is 0 Å². The van der Waals surface area contributed by atoms with Crippen molar-refractivity contribution in [1.82, 2.24) is 5.32 Å². The fourth-order valence-corrected chi connectivity index (χ4v) is 4.60. The average Bonchev–Trinajstić information content (AvgIpc) is 2.86. The Morgan fingerprint density at radius 3 is 1.56 bits per heavy atom. The number of unbranched alkanes of at least 4 members (excludes halogenated alkanes) is 18. The Balaban J connectivity index is 4.09. The predicted octanol–water partition coefficient (Wildman–Crippen LogP) is 8.22. The lowest BCUT2D eigenvalue weighted by atomic mass is 10.0. The SMILES string of the molecule is [CH2][C@H](CO)NC(=O)C[C@@H](CCCCCCCCCCC)OC(=O)CCCCCCCCCCCCC. The maximum Gasteiger partial charge on any atom is 0.306 e. The minimum Gasteiger partial charge on any atom is -0.462 e. The summed E-state index contributed by atoms with van der Waals surface area (Å²) < 4.78 is 5.72. The molecule has 0 rings (SSSR count). The van der Waals surface area contributed by atoms with Crippen molar-refractivity contribution in [3.05, 3.63) is 6.92 Å². The Labute approximate surface area is 223 Å². The molecule has 0 saturated carbocycles. The van der Waals surface area contributed by atoms with Gasteiger partial charge in [-0.15, -0.1) is 0 Å². The smallest absolute Gasteiger partial charge is 0.306 e. The Hall–Kier alpha value is -1.10. The number of esters is 1. The standard InChI is InChI=1S/C31H60NO4/c1-4-6-8-10-12-14-15-17-19-21-23-25-31(35)36-29(26-30(34)32-28(3)27-33)24-22-20-18-16-13-11-9-7-5-2/h28-29,33H,3-27H2,1-2H3,(H,32,34)/t28-,29-/m1/s1. The average molecular weight is 511 g/mol. The summed E-state index contributed by atoms with van der Waals surface area (Å²) in [5.41, 5.74) is 0. The Bertz CT molecular complexity index is 497.